The number of hydrogen-bond acceptors (Lipinski definition) is 3. The molecule has 0 spiro atoms. The summed E-state index contributed by atoms with van der Waals surface area (Å²) < 4.78 is 5.00. The first-order valence-electron chi connectivity index (χ1n) is 5.45. The van der Waals surface area contributed by atoms with Gasteiger partial charge in [-0.15, -0.1) is 0 Å². The predicted octanol–water partition coefficient (Wildman–Crippen LogP) is 1.18. The second-order valence-electron chi connectivity index (χ2n) is 4.35. The van der Waals surface area contributed by atoms with Crippen molar-refractivity contribution in [2.75, 3.05) is 20.3 Å². The second kappa shape index (κ2) is 7.57. The number of carbonyl (C=O) groups excluding carboxylic acids is 1. The molecule has 1 amide bonds. The van der Waals surface area contributed by atoms with E-state index in [1.54, 1.807) is 12.0 Å². The molecular formula is C11H22N2O2S. The van der Waals surface area contributed by atoms with Crippen LogP contribution in [0.15, 0.2) is 0 Å². The lowest BCUT2D eigenvalue weighted by Gasteiger charge is -2.27. The molecule has 0 bridgehead atoms. The summed E-state index contributed by atoms with van der Waals surface area (Å²) in [5.74, 6) is 0.289. The van der Waals surface area contributed by atoms with E-state index in [0.29, 0.717) is 24.6 Å². The van der Waals surface area contributed by atoms with Gasteiger partial charge < -0.3 is 15.4 Å². The summed E-state index contributed by atoms with van der Waals surface area (Å²) in [5.41, 5.74) is 5.47. The molecule has 0 saturated heterocycles. The van der Waals surface area contributed by atoms with Crippen molar-refractivity contribution in [2.24, 2.45) is 11.7 Å². The van der Waals surface area contributed by atoms with Gasteiger partial charge in [-0.2, -0.15) is 0 Å². The van der Waals surface area contributed by atoms with Crippen molar-refractivity contribution in [2.45, 2.75) is 33.2 Å². The van der Waals surface area contributed by atoms with Crippen LogP contribution >= 0.6 is 12.2 Å². The average Bonchev–Trinajstić information content (AvgIpc) is 2.13. The number of nitrogens with zero attached hydrogens (tertiary/aromatic N) is 1. The lowest BCUT2D eigenvalue weighted by atomic mass is 10.1. The molecule has 1 atom stereocenters. The lowest BCUT2D eigenvalue weighted by molar-refractivity contribution is -0.133. The first kappa shape index (κ1) is 15.3. The molecule has 0 saturated carbocycles. The molecule has 2 N–H and O–H groups in total. The Morgan fingerprint density at radius 1 is 1.44 bits per heavy atom. The zero-order valence-corrected chi connectivity index (χ0v) is 11.3. The van der Waals surface area contributed by atoms with E-state index < -0.39 is 0 Å². The number of nitrogens with two attached hydrogens (primary N) is 1. The topological polar surface area (TPSA) is 55.6 Å². The summed E-state index contributed by atoms with van der Waals surface area (Å²) in [4.78, 5) is 14.0. The van der Waals surface area contributed by atoms with Crippen LogP contribution in [0.1, 0.15) is 27.2 Å². The maximum Gasteiger partial charge on any atom is 0.223 e. The molecule has 16 heavy (non-hydrogen) atoms. The Bertz CT molecular complexity index is 244. The van der Waals surface area contributed by atoms with E-state index in [9.17, 15) is 4.79 Å². The number of rotatable bonds is 7. The average molecular weight is 246 g/mol. The highest BCUT2D eigenvalue weighted by Gasteiger charge is 2.19. The van der Waals surface area contributed by atoms with E-state index in [-0.39, 0.29) is 17.9 Å². The molecule has 1 unspecified atom stereocenters. The standard InChI is InChI=1S/C11H22N2O2S/c1-8(2)13(6-10(12)16)11(14)5-9(3)7-15-4/h8-9H,5-7H2,1-4H3,(H2,12,16). The van der Waals surface area contributed by atoms with Crippen molar-refractivity contribution in [3.8, 4) is 0 Å². The van der Waals surface area contributed by atoms with E-state index in [2.05, 4.69) is 0 Å². The van der Waals surface area contributed by atoms with Gasteiger partial charge in [-0.1, -0.05) is 19.1 Å². The van der Waals surface area contributed by atoms with Gasteiger partial charge in [0.1, 0.15) is 0 Å². The van der Waals surface area contributed by atoms with Crippen LogP contribution in [-0.4, -0.2) is 42.1 Å². The highest BCUT2D eigenvalue weighted by Crippen LogP contribution is 2.08. The van der Waals surface area contributed by atoms with Gasteiger partial charge in [0, 0.05) is 26.2 Å². The molecule has 0 rings (SSSR count). The lowest BCUT2D eigenvalue weighted by Crippen LogP contribution is -2.42. The van der Waals surface area contributed by atoms with Crippen LogP contribution in [0, 0.1) is 5.92 Å². The number of hydrogen-bond donors (Lipinski definition) is 1. The van der Waals surface area contributed by atoms with Crippen LogP contribution in [0.25, 0.3) is 0 Å². The third-order valence-corrected chi connectivity index (χ3v) is 2.37. The molecule has 0 fully saturated rings. The number of thiocarbonyl (C=S) groups is 1. The van der Waals surface area contributed by atoms with Gasteiger partial charge in [0.15, 0.2) is 0 Å². The maximum absolute atomic E-state index is 12.0. The fourth-order valence-corrected chi connectivity index (χ4v) is 1.62. The van der Waals surface area contributed by atoms with Crippen LogP contribution in [0.2, 0.25) is 0 Å². The van der Waals surface area contributed by atoms with Crippen LogP contribution < -0.4 is 5.73 Å². The molecular weight excluding hydrogens is 224 g/mol. The van der Waals surface area contributed by atoms with Crippen LogP contribution in [0.4, 0.5) is 0 Å². The molecule has 0 heterocycles. The van der Waals surface area contributed by atoms with Gasteiger partial charge in [0.25, 0.3) is 0 Å². The molecule has 0 aliphatic carbocycles. The van der Waals surface area contributed by atoms with Gasteiger partial charge in [0.2, 0.25) is 5.91 Å². The van der Waals surface area contributed by atoms with Crippen molar-refractivity contribution in [3.05, 3.63) is 0 Å². The highest BCUT2D eigenvalue weighted by atomic mass is 32.1. The Labute approximate surface area is 103 Å². The molecule has 0 aliphatic heterocycles. The number of methoxy groups -OCH3 is 1. The second-order valence-corrected chi connectivity index (χ2v) is 4.87. The molecule has 0 aliphatic rings. The SMILES string of the molecule is COCC(C)CC(=O)N(CC(N)=S)C(C)C. The highest BCUT2D eigenvalue weighted by molar-refractivity contribution is 7.80. The van der Waals surface area contributed by atoms with Crippen LogP contribution in [0.5, 0.6) is 0 Å². The van der Waals surface area contributed by atoms with Gasteiger partial charge in [-0.3, -0.25) is 4.79 Å². The summed E-state index contributed by atoms with van der Waals surface area (Å²) in [6, 6.07) is 0.115. The minimum atomic E-state index is 0.0763. The molecule has 0 aromatic heterocycles. The number of ether oxygens (including phenoxy) is 1. The summed E-state index contributed by atoms with van der Waals surface area (Å²) in [6.45, 7) is 6.84. The van der Waals surface area contributed by atoms with Crippen LogP contribution in [-0.2, 0) is 9.53 Å². The minimum absolute atomic E-state index is 0.0763. The Hall–Kier alpha value is -0.680. The summed E-state index contributed by atoms with van der Waals surface area (Å²) >= 11 is 4.83. The van der Waals surface area contributed by atoms with E-state index in [0.717, 1.165) is 0 Å². The van der Waals surface area contributed by atoms with Crippen molar-refractivity contribution < 1.29 is 9.53 Å². The fourth-order valence-electron chi connectivity index (χ4n) is 1.49. The Morgan fingerprint density at radius 3 is 2.38 bits per heavy atom. The Kier molecular flexibility index (Phi) is 7.25. The molecule has 94 valence electrons. The number of amides is 1. The Morgan fingerprint density at radius 2 is 2.00 bits per heavy atom. The molecule has 0 aromatic rings. The summed E-state index contributed by atoms with van der Waals surface area (Å²) in [5, 5.41) is 0. The zero-order valence-electron chi connectivity index (χ0n) is 10.5. The summed E-state index contributed by atoms with van der Waals surface area (Å²) in [6.07, 6.45) is 0.467. The van der Waals surface area contributed by atoms with Gasteiger partial charge in [-0.05, 0) is 19.8 Å². The van der Waals surface area contributed by atoms with Gasteiger partial charge >= 0.3 is 0 Å². The first-order chi connectivity index (χ1) is 7.38. The molecule has 0 aromatic carbocycles. The molecule has 4 nitrogen and oxygen atoms in total. The fraction of sp³-hybridized carbons (Fsp3) is 0.818. The van der Waals surface area contributed by atoms with Crippen molar-refractivity contribution in [1.82, 2.24) is 4.90 Å². The van der Waals surface area contributed by atoms with E-state index in [4.69, 9.17) is 22.7 Å². The van der Waals surface area contributed by atoms with Gasteiger partial charge in [-0.25, -0.2) is 0 Å². The van der Waals surface area contributed by atoms with E-state index in [1.807, 2.05) is 20.8 Å². The smallest absolute Gasteiger partial charge is 0.223 e. The van der Waals surface area contributed by atoms with E-state index in [1.165, 1.54) is 0 Å². The first-order valence-corrected chi connectivity index (χ1v) is 5.86. The van der Waals surface area contributed by atoms with Crippen molar-refractivity contribution in [1.29, 1.82) is 0 Å². The van der Waals surface area contributed by atoms with Crippen LogP contribution in [0.3, 0.4) is 0 Å². The zero-order chi connectivity index (χ0) is 12.7. The molecule has 5 heteroatoms. The van der Waals surface area contributed by atoms with Crippen molar-refractivity contribution in [3.63, 3.8) is 0 Å². The predicted molar refractivity (Wildman–Crippen MR) is 69.3 cm³/mol. The quantitative estimate of drug-likeness (QED) is 0.685. The largest absolute Gasteiger partial charge is 0.392 e. The third-order valence-electron chi connectivity index (χ3n) is 2.24. The normalized spacial score (nSPS) is 12.6. The minimum Gasteiger partial charge on any atom is -0.392 e. The Balaban J connectivity index is 4.32. The monoisotopic (exact) mass is 246 g/mol. The van der Waals surface area contributed by atoms with Gasteiger partial charge in [0.05, 0.1) is 11.5 Å². The van der Waals surface area contributed by atoms with Crippen molar-refractivity contribution >= 4 is 23.1 Å². The molecule has 0 radical (unpaired) electrons. The summed E-state index contributed by atoms with van der Waals surface area (Å²) in [7, 11) is 1.64. The third kappa shape index (κ3) is 6.02. The number of carbonyl (C=O) groups is 1. The maximum atomic E-state index is 12.0. The van der Waals surface area contributed by atoms with E-state index >= 15 is 0 Å².